The van der Waals surface area contributed by atoms with E-state index in [1.165, 1.54) is 0 Å². The number of hydrogen-bond donors (Lipinski definition) is 0. The minimum atomic E-state index is -0.509. The third-order valence-corrected chi connectivity index (χ3v) is 4.05. The van der Waals surface area contributed by atoms with Crippen LogP contribution in [0.25, 0.3) is 0 Å². The lowest BCUT2D eigenvalue weighted by Crippen LogP contribution is -2.33. The van der Waals surface area contributed by atoms with Crippen molar-refractivity contribution in [1.82, 2.24) is 4.90 Å². The van der Waals surface area contributed by atoms with E-state index in [9.17, 15) is 9.59 Å². The van der Waals surface area contributed by atoms with E-state index in [1.54, 1.807) is 7.11 Å². The van der Waals surface area contributed by atoms with Gasteiger partial charge in [-0.25, -0.2) is 0 Å². The summed E-state index contributed by atoms with van der Waals surface area (Å²) in [6.45, 7) is 13.3. The van der Waals surface area contributed by atoms with Gasteiger partial charge in [-0.15, -0.1) is 0 Å². The molecule has 7 nitrogen and oxygen atoms in total. The zero-order valence-electron chi connectivity index (χ0n) is 20.2. The van der Waals surface area contributed by atoms with Crippen LogP contribution in [0.1, 0.15) is 60.8 Å². The van der Waals surface area contributed by atoms with Gasteiger partial charge in [0.25, 0.3) is 0 Å². The SMILES string of the molecule is COc1ccc(OCCCN(CCC(=O)OC(C)(C)C)CCC(=O)OC(C)(C)C)cc1. The van der Waals surface area contributed by atoms with E-state index < -0.39 is 11.2 Å². The molecule has 0 aliphatic heterocycles. The summed E-state index contributed by atoms with van der Waals surface area (Å²) in [6, 6.07) is 7.43. The Morgan fingerprint density at radius 1 is 0.774 bits per heavy atom. The number of ether oxygens (including phenoxy) is 4. The first-order chi connectivity index (χ1) is 14.4. The van der Waals surface area contributed by atoms with Crippen LogP contribution in [0.5, 0.6) is 11.5 Å². The van der Waals surface area contributed by atoms with Gasteiger partial charge in [0.2, 0.25) is 0 Å². The number of rotatable bonds is 12. The fourth-order valence-corrected chi connectivity index (χ4v) is 2.77. The minimum absolute atomic E-state index is 0.246. The number of nitrogens with zero attached hydrogens (tertiary/aromatic N) is 1. The van der Waals surface area contributed by atoms with Gasteiger partial charge in [-0.2, -0.15) is 0 Å². The van der Waals surface area contributed by atoms with Crippen LogP contribution in [0.2, 0.25) is 0 Å². The molecule has 0 spiro atoms. The molecular formula is C24H39NO6. The summed E-state index contributed by atoms with van der Waals surface area (Å²) in [5, 5.41) is 0. The van der Waals surface area contributed by atoms with E-state index in [2.05, 4.69) is 4.90 Å². The number of benzene rings is 1. The van der Waals surface area contributed by atoms with Crippen LogP contribution in [-0.4, -0.2) is 61.4 Å². The lowest BCUT2D eigenvalue weighted by molar-refractivity contribution is -0.155. The van der Waals surface area contributed by atoms with Crippen LogP contribution in [-0.2, 0) is 19.1 Å². The second kappa shape index (κ2) is 12.5. The van der Waals surface area contributed by atoms with Gasteiger partial charge in [0.15, 0.2) is 0 Å². The Hall–Kier alpha value is -2.28. The summed E-state index contributed by atoms with van der Waals surface area (Å²) in [6.07, 6.45) is 1.30. The quantitative estimate of drug-likeness (QED) is 0.358. The summed E-state index contributed by atoms with van der Waals surface area (Å²) in [7, 11) is 1.62. The van der Waals surface area contributed by atoms with Crippen molar-refractivity contribution in [2.75, 3.05) is 33.4 Å². The number of carbonyl (C=O) groups is 2. The van der Waals surface area contributed by atoms with Gasteiger partial charge in [0, 0.05) is 19.6 Å². The van der Waals surface area contributed by atoms with Crippen molar-refractivity contribution in [1.29, 1.82) is 0 Å². The van der Waals surface area contributed by atoms with E-state index in [0.29, 0.717) is 26.2 Å². The maximum atomic E-state index is 12.1. The van der Waals surface area contributed by atoms with Crippen LogP contribution in [0.3, 0.4) is 0 Å². The zero-order valence-corrected chi connectivity index (χ0v) is 20.2. The highest BCUT2D eigenvalue weighted by molar-refractivity contribution is 5.70. The van der Waals surface area contributed by atoms with Gasteiger partial charge < -0.3 is 23.8 Å². The Balaban J connectivity index is 2.51. The van der Waals surface area contributed by atoms with Crippen molar-refractivity contribution in [3.63, 3.8) is 0 Å². The van der Waals surface area contributed by atoms with E-state index in [0.717, 1.165) is 17.9 Å². The third-order valence-electron chi connectivity index (χ3n) is 4.05. The van der Waals surface area contributed by atoms with Crippen molar-refractivity contribution in [2.24, 2.45) is 0 Å². The van der Waals surface area contributed by atoms with Crippen LogP contribution < -0.4 is 9.47 Å². The standard InChI is InChI=1S/C24H39NO6/c1-23(2,3)30-21(26)13-16-25(17-14-22(27)31-24(4,5)6)15-8-18-29-20-11-9-19(28-7)10-12-20/h9-12H,8,13-18H2,1-7H3. The summed E-state index contributed by atoms with van der Waals surface area (Å²) >= 11 is 0. The highest BCUT2D eigenvalue weighted by atomic mass is 16.6. The fourth-order valence-electron chi connectivity index (χ4n) is 2.77. The van der Waals surface area contributed by atoms with Gasteiger partial charge in [-0.05, 0) is 72.2 Å². The first-order valence-corrected chi connectivity index (χ1v) is 10.8. The molecule has 0 heterocycles. The Kier molecular flexibility index (Phi) is 10.8. The monoisotopic (exact) mass is 437 g/mol. The average molecular weight is 438 g/mol. The maximum absolute atomic E-state index is 12.1. The smallest absolute Gasteiger partial charge is 0.307 e. The molecule has 0 N–H and O–H groups in total. The second-order valence-corrected chi connectivity index (χ2v) is 9.39. The summed E-state index contributed by atoms with van der Waals surface area (Å²) < 4.78 is 21.7. The predicted octanol–water partition coefficient (Wildman–Crippen LogP) is 4.23. The normalized spacial score (nSPS) is 11.9. The van der Waals surface area contributed by atoms with Crippen molar-refractivity contribution in [3.8, 4) is 11.5 Å². The Morgan fingerprint density at radius 3 is 1.65 bits per heavy atom. The topological polar surface area (TPSA) is 74.3 Å². The molecule has 0 atom stereocenters. The molecule has 1 rings (SSSR count). The first kappa shape index (κ1) is 26.8. The Morgan fingerprint density at radius 2 is 1.23 bits per heavy atom. The highest BCUT2D eigenvalue weighted by Crippen LogP contribution is 2.17. The highest BCUT2D eigenvalue weighted by Gasteiger charge is 2.19. The molecule has 176 valence electrons. The summed E-state index contributed by atoms with van der Waals surface area (Å²) in [4.78, 5) is 26.2. The number of esters is 2. The Labute approximate surface area is 187 Å². The molecule has 1 aromatic carbocycles. The van der Waals surface area contributed by atoms with Gasteiger partial charge in [0.1, 0.15) is 22.7 Å². The molecule has 0 aliphatic carbocycles. The summed E-state index contributed by atoms with van der Waals surface area (Å²) in [5.41, 5.74) is -1.02. The molecule has 0 fully saturated rings. The number of methoxy groups -OCH3 is 1. The largest absolute Gasteiger partial charge is 0.497 e. The van der Waals surface area contributed by atoms with Gasteiger partial charge in [-0.1, -0.05) is 0 Å². The molecule has 0 aliphatic rings. The molecule has 1 aromatic rings. The van der Waals surface area contributed by atoms with Crippen molar-refractivity contribution in [2.45, 2.75) is 72.0 Å². The van der Waals surface area contributed by atoms with Crippen molar-refractivity contribution in [3.05, 3.63) is 24.3 Å². The van der Waals surface area contributed by atoms with Crippen molar-refractivity contribution >= 4 is 11.9 Å². The lowest BCUT2D eigenvalue weighted by atomic mass is 10.2. The third kappa shape index (κ3) is 13.6. The maximum Gasteiger partial charge on any atom is 0.307 e. The van der Waals surface area contributed by atoms with E-state index in [4.69, 9.17) is 18.9 Å². The fraction of sp³-hybridized carbons (Fsp3) is 0.667. The molecule has 31 heavy (non-hydrogen) atoms. The average Bonchev–Trinajstić information content (AvgIpc) is 2.64. The predicted molar refractivity (Wildman–Crippen MR) is 120 cm³/mol. The summed E-state index contributed by atoms with van der Waals surface area (Å²) in [5.74, 6) is 1.06. The first-order valence-electron chi connectivity index (χ1n) is 10.8. The van der Waals surface area contributed by atoms with Crippen molar-refractivity contribution < 1.29 is 28.5 Å². The van der Waals surface area contributed by atoms with Crippen LogP contribution in [0.4, 0.5) is 0 Å². The Bertz CT molecular complexity index is 641. The van der Waals surface area contributed by atoms with Gasteiger partial charge in [0.05, 0.1) is 26.6 Å². The molecule has 0 bridgehead atoms. The van der Waals surface area contributed by atoms with Gasteiger partial charge >= 0.3 is 11.9 Å². The van der Waals surface area contributed by atoms with Crippen LogP contribution >= 0.6 is 0 Å². The van der Waals surface area contributed by atoms with Gasteiger partial charge in [-0.3, -0.25) is 9.59 Å². The van der Waals surface area contributed by atoms with Crippen LogP contribution in [0, 0.1) is 0 Å². The molecule has 7 heteroatoms. The molecule has 0 saturated carbocycles. The van der Waals surface area contributed by atoms with E-state index in [1.807, 2.05) is 65.8 Å². The zero-order chi connectivity index (χ0) is 23.5. The second-order valence-electron chi connectivity index (χ2n) is 9.39. The molecule has 0 unspecified atom stereocenters. The lowest BCUT2D eigenvalue weighted by Gasteiger charge is -2.25. The molecule has 0 radical (unpaired) electrons. The molecule has 0 amide bonds. The van der Waals surface area contributed by atoms with Crippen LogP contribution in [0.15, 0.2) is 24.3 Å². The van der Waals surface area contributed by atoms with E-state index in [-0.39, 0.29) is 24.8 Å². The minimum Gasteiger partial charge on any atom is -0.497 e. The number of hydrogen-bond acceptors (Lipinski definition) is 7. The molecule has 0 aromatic heterocycles. The molecular weight excluding hydrogens is 398 g/mol. The number of carbonyl (C=O) groups excluding carboxylic acids is 2. The molecule has 0 saturated heterocycles. The van der Waals surface area contributed by atoms with E-state index >= 15 is 0 Å².